The molecule has 0 aromatic carbocycles. The first kappa shape index (κ1) is 29.1. The second-order valence-corrected chi connectivity index (χ2v) is 12.2. The van der Waals surface area contributed by atoms with Crippen molar-refractivity contribution in [2.45, 2.75) is 35.6 Å². The predicted molar refractivity (Wildman–Crippen MR) is 152 cm³/mol. The molecular formula is C23H26ClN7O5S3. The van der Waals surface area contributed by atoms with Crippen molar-refractivity contribution in [2.75, 3.05) is 32.2 Å². The topological polar surface area (TPSA) is 172 Å². The molecule has 0 saturated carbocycles. The summed E-state index contributed by atoms with van der Waals surface area (Å²) < 4.78 is 0.144. The number of anilines is 1. The van der Waals surface area contributed by atoms with Gasteiger partial charge in [-0.25, -0.2) is 9.78 Å². The maximum Gasteiger partial charge on any atom is 0.353 e. The minimum atomic E-state index is -1.21. The van der Waals surface area contributed by atoms with Crippen molar-refractivity contribution in [2.24, 2.45) is 5.16 Å². The van der Waals surface area contributed by atoms with Crippen LogP contribution in [0.1, 0.15) is 24.2 Å². The lowest BCUT2D eigenvalue weighted by Crippen LogP contribution is -2.72. The van der Waals surface area contributed by atoms with Crippen LogP contribution in [0.25, 0.3) is 0 Å². The smallest absolute Gasteiger partial charge is 0.353 e. The van der Waals surface area contributed by atoms with Gasteiger partial charge in [0.2, 0.25) is 0 Å². The molecule has 0 radical (unpaired) electrons. The Morgan fingerprint density at radius 2 is 2.23 bits per heavy atom. The molecule has 0 spiro atoms. The zero-order valence-corrected chi connectivity index (χ0v) is 24.2. The lowest BCUT2D eigenvalue weighted by atomic mass is 9.86. The van der Waals surface area contributed by atoms with Crippen LogP contribution >= 0.6 is 46.5 Å². The van der Waals surface area contributed by atoms with E-state index in [2.05, 4.69) is 25.8 Å². The summed E-state index contributed by atoms with van der Waals surface area (Å²) >= 11 is 10.1. The average molecular weight is 612 g/mol. The standard InChI is InChI=1S/C23H26ClN7O5S3/c1-26-8-9-37-10-11-13(4-3-7-27-11)38-14-6-5-12-15(21(33)31(12)18(14)22(34)35)28-20(32)17(30-36-2)16-19(24)39-23(25)29-16/h3-4,7,12,15,26H,5-6,8-10H2,1-2H3,(H2,25,29)(H,28,32)(H,34,35)/b30-17-. The molecule has 12 nitrogen and oxygen atoms in total. The number of carboxylic acid groups (broad SMARTS) is 1. The molecule has 0 bridgehead atoms. The molecule has 2 amide bonds. The molecule has 2 aliphatic rings. The minimum Gasteiger partial charge on any atom is -0.477 e. The van der Waals surface area contributed by atoms with Crippen molar-refractivity contribution < 1.29 is 24.3 Å². The molecular weight excluding hydrogens is 586 g/mol. The van der Waals surface area contributed by atoms with Crippen molar-refractivity contribution in [1.29, 1.82) is 0 Å². The second kappa shape index (κ2) is 13.0. The van der Waals surface area contributed by atoms with Gasteiger partial charge in [0.25, 0.3) is 11.8 Å². The van der Waals surface area contributed by atoms with Gasteiger partial charge in [-0.3, -0.25) is 19.5 Å². The first-order valence-electron chi connectivity index (χ1n) is 11.7. The van der Waals surface area contributed by atoms with E-state index in [1.807, 2.05) is 13.1 Å². The van der Waals surface area contributed by atoms with Crippen LogP contribution in [-0.2, 0) is 25.0 Å². The van der Waals surface area contributed by atoms with Crippen molar-refractivity contribution in [1.82, 2.24) is 25.5 Å². The van der Waals surface area contributed by atoms with E-state index in [0.29, 0.717) is 23.5 Å². The number of hydrogen-bond acceptors (Lipinski definition) is 12. The van der Waals surface area contributed by atoms with Crippen molar-refractivity contribution in [3.8, 4) is 0 Å². The molecule has 2 unspecified atom stereocenters. The number of allylic oxidation sites excluding steroid dienone is 1. The summed E-state index contributed by atoms with van der Waals surface area (Å²) in [5, 5.41) is 19.6. The number of pyridine rings is 1. The number of aliphatic carboxylic acids is 1. The number of thioether (sulfide) groups is 2. The molecule has 208 valence electrons. The third-order valence-corrected chi connectivity index (χ3v) is 9.21. The second-order valence-electron chi connectivity index (χ2n) is 8.35. The first-order chi connectivity index (χ1) is 18.8. The van der Waals surface area contributed by atoms with Gasteiger partial charge in [0.1, 0.15) is 28.9 Å². The first-order valence-corrected chi connectivity index (χ1v) is 14.9. The quantitative estimate of drug-likeness (QED) is 0.120. The molecule has 4 heterocycles. The van der Waals surface area contributed by atoms with E-state index in [9.17, 15) is 19.5 Å². The highest BCUT2D eigenvalue weighted by molar-refractivity contribution is 8.03. The van der Waals surface area contributed by atoms with Crippen LogP contribution in [0.4, 0.5) is 5.13 Å². The third kappa shape index (κ3) is 6.32. The van der Waals surface area contributed by atoms with Gasteiger partial charge in [-0.15, -0.1) is 0 Å². The number of carbonyl (C=O) groups excluding carboxylic acids is 2. The molecule has 1 fully saturated rings. The van der Waals surface area contributed by atoms with Gasteiger partial charge in [-0.2, -0.15) is 11.8 Å². The lowest BCUT2D eigenvalue weighted by molar-refractivity contribution is -0.155. The molecule has 2 atom stereocenters. The highest BCUT2D eigenvalue weighted by Gasteiger charge is 2.54. The number of halogens is 1. The Balaban J connectivity index is 1.51. The Morgan fingerprint density at radius 3 is 2.90 bits per heavy atom. The summed E-state index contributed by atoms with van der Waals surface area (Å²) in [6.45, 7) is 0.869. The summed E-state index contributed by atoms with van der Waals surface area (Å²) in [5.74, 6) is -0.881. The molecule has 1 saturated heterocycles. The molecule has 39 heavy (non-hydrogen) atoms. The molecule has 2 aromatic heterocycles. The molecule has 2 aromatic rings. The number of nitrogens with one attached hydrogen (secondary N) is 2. The van der Waals surface area contributed by atoms with Crippen molar-refractivity contribution in [3.05, 3.63) is 44.7 Å². The molecule has 0 aliphatic carbocycles. The number of nitrogens with two attached hydrogens (primary N) is 1. The van der Waals surface area contributed by atoms with Gasteiger partial charge in [-0.05, 0) is 32.0 Å². The zero-order chi connectivity index (χ0) is 28.1. The summed E-state index contributed by atoms with van der Waals surface area (Å²) in [7, 11) is 3.15. The number of amides is 2. The maximum absolute atomic E-state index is 13.2. The van der Waals surface area contributed by atoms with Crippen LogP contribution in [0.2, 0.25) is 4.34 Å². The van der Waals surface area contributed by atoms with Crippen molar-refractivity contribution in [3.63, 3.8) is 0 Å². The molecule has 2 aliphatic heterocycles. The Bertz CT molecular complexity index is 1330. The predicted octanol–water partition coefficient (Wildman–Crippen LogP) is 2.15. The number of aromatic nitrogens is 2. The molecule has 16 heteroatoms. The van der Waals surface area contributed by atoms with E-state index in [0.717, 1.165) is 34.2 Å². The normalized spacial score (nSPS) is 19.0. The third-order valence-electron chi connectivity index (χ3n) is 5.92. The van der Waals surface area contributed by atoms with Gasteiger partial charge < -0.3 is 26.3 Å². The monoisotopic (exact) mass is 611 g/mol. The van der Waals surface area contributed by atoms with E-state index < -0.39 is 29.9 Å². The SMILES string of the molecule is CNCCSCc1ncccc1SC1=C(C(=O)O)N2C(=O)C(NC(=O)/C(=N\OC)c3nc(N)sc3Cl)C2CC1. The van der Waals surface area contributed by atoms with Crippen LogP contribution in [0.5, 0.6) is 0 Å². The largest absolute Gasteiger partial charge is 0.477 e. The number of β-lactam (4-membered cyclic amide) rings is 1. The van der Waals surface area contributed by atoms with Gasteiger partial charge in [-0.1, -0.05) is 39.9 Å². The summed E-state index contributed by atoms with van der Waals surface area (Å²) in [6.07, 6.45) is 2.59. The van der Waals surface area contributed by atoms with Crippen LogP contribution in [-0.4, -0.2) is 82.0 Å². The Kier molecular flexibility index (Phi) is 9.71. The van der Waals surface area contributed by atoms with Crippen LogP contribution in [0.3, 0.4) is 0 Å². The van der Waals surface area contributed by atoms with E-state index >= 15 is 0 Å². The summed E-state index contributed by atoms with van der Waals surface area (Å²) in [6, 6.07) is 2.24. The number of oxime groups is 1. The van der Waals surface area contributed by atoms with E-state index in [4.69, 9.17) is 22.2 Å². The summed E-state index contributed by atoms with van der Waals surface area (Å²) in [5.41, 5.74) is 6.26. The minimum absolute atomic E-state index is 0.0343. The van der Waals surface area contributed by atoms with Crippen molar-refractivity contribution >= 4 is 75.1 Å². The van der Waals surface area contributed by atoms with E-state index in [1.54, 1.807) is 24.0 Å². The summed E-state index contributed by atoms with van der Waals surface area (Å²) in [4.78, 5) is 54.4. The van der Waals surface area contributed by atoms with E-state index in [1.165, 1.54) is 23.8 Å². The fourth-order valence-corrected chi connectivity index (χ4v) is 7.28. The number of carboxylic acids is 1. The number of nitrogen functional groups attached to an aromatic ring is 1. The lowest BCUT2D eigenvalue weighted by Gasteiger charge is -2.50. The van der Waals surface area contributed by atoms with Crippen LogP contribution in [0.15, 0.2) is 39.0 Å². The highest BCUT2D eigenvalue weighted by atomic mass is 35.5. The Labute approximate surface area is 241 Å². The average Bonchev–Trinajstić information content (AvgIpc) is 3.25. The number of hydrogen-bond donors (Lipinski definition) is 4. The number of carbonyl (C=O) groups is 3. The Hall–Kier alpha value is -2.85. The zero-order valence-electron chi connectivity index (χ0n) is 21.0. The number of fused-ring (bicyclic) bond motifs is 1. The fourth-order valence-electron chi connectivity index (χ4n) is 4.18. The van der Waals surface area contributed by atoms with Gasteiger partial charge in [0, 0.05) is 34.0 Å². The van der Waals surface area contributed by atoms with Gasteiger partial charge in [0.05, 0.1) is 11.7 Å². The Morgan fingerprint density at radius 1 is 1.44 bits per heavy atom. The number of nitrogens with zero attached hydrogens (tertiary/aromatic N) is 4. The van der Waals surface area contributed by atoms with Crippen LogP contribution < -0.4 is 16.4 Å². The number of rotatable bonds is 12. The molecule has 5 N–H and O–H groups in total. The molecule has 4 rings (SSSR count). The van der Waals surface area contributed by atoms with E-state index in [-0.39, 0.29) is 26.6 Å². The maximum atomic E-state index is 13.2. The highest BCUT2D eigenvalue weighted by Crippen LogP contribution is 2.44. The van der Waals surface area contributed by atoms with Gasteiger partial charge >= 0.3 is 5.97 Å². The fraction of sp³-hybridized carbons (Fsp3) is 0.391. The number of thiazole rings is 1. The van der Waals surface area contributed by atoms with Crippen LogP contribution in [0, 0.1) is 0 Å². The van der Waals surface area contributed by atoms with Gasteiger partial charge in [0.15, 0.2) is 10.8 Å².